The van der Waals surface area contributed by atoms with Crippen molar-refractivity contribution in [1.82, 2.24) is 0 Å². The first kappa shape index (κ1) is 13.6. The lowest BCUT2D eigenvalue weighted by Crippen LogP contribution is -2.32. The predicted molar refractivity (Wildman–Crippen MR) is 74.2 cm³/mol. The molecule has 0 radical (unpaired) electrons. The minimum absolute atomic E-state index is 0.547. The van der Waals surface area contributed by atoms with Gasteiger partial charge in [0.2, 0.25) is 0 Å². The maximum Gasteiger partial charge on any atom is 0.107 e. The van der Waals surface area contributed by atoms with Crippen molar-refractivity contribution in [2.45, 2.75) is 51.6 Å². The molecular formula is C15H21NOS. The first-order valence-corrected chi connectivity index (χ1v) is 7.72. The summed E-state index contributed by atoms with van der Waals surface area (Å²) in [5.74, 6) is 0.756. The maximum absolute atomic E-state index is 10.5. The monoisotopic (exact) mass is 263 g/mol. The summed E-state index contributed by atoms with van der Waals surface area (Å²) in [7, 11) is 0. The average Bonchev–Trinajstić information content (AvgIpc) is 2.93. The summed E-state index contributed by atoms with van der Waals surface area (Å²) in [4.78, 5) is 0.936. The quantitative estimate of drug-likeness (QED) is 0.881. The number of aliphatic hydroxyl groups is 1. The van der Waals surface area contributed by atoms with E-state index >= 15 is 0 Å². The molecule has 0 saturated heterocycles. The SMILES string of the molecule is CCCC1CCC(C#N)(C(O)c2cccs2)CC1. The fourth-order valence-corrected chi connectivity index (χ4v) is 3.88. The maximum atomic E-state index is 10.5. The summed E-state index contributed by atoms with van der Waals surface area (Å²) in [5.41, 5.74) is -0.547. The highest BCUT2D eigenvalue weighted by Gasteiger charge is 2.42. The van der Waals surface area contributed by atoms with E-state index < -0.39 is 11.5 Å². The lowest BCUT2D eigenvalue weighted by atomic mass is 9.67. The zero-order chi connectivity index (χ0) is 13.0. The molecular weight excluding hydrogens is 242 g/mol. The number of nitrogens with zero attached hydrogens (tertiary/aromatic N) is 1. The highest BCUT2D eigenvalue weighted by molar-refractivity contribution is 7.10. The molecule has 1 heterocycles. The lowest BCUT2D eigenvalue weighted by molar-refractivity contribution is 0.0261. The second-order valence-corrected chi connectivity index (χ2v) is 6.40. The lowest BCUT2D eigenvalue weighted by Gasteiger charge is -2.37. The number of aliphatic hydroxyl groups excluding tert-OH is 1. The van der Waals surface area contributed by atoms with E-state index in [0.29, 0.717) is 0 Å². The minimum atomic E-state index is -0.606. The van der Waals surface area contributed by atoms with Crippen LogP contribution in [0.15, 0.2) is 17.5 Å². The Kier molecular flexibility index (Phi) is 4.42. The Morgan fingerprint density at radius 2 is 2.28 bits per heavy atom. The largest absolute Gasteiger partial charge is 0.386 e. The standard InChI is InChI=1S/C15H21NOS/c1-2-4-12-6-8-15(11-16,9-7-12)14(17)13-5-3-10-18-13/h3,5,10,12,14,17H,2,4,6-9H2,1H3. The van der Waals surface area contributed by atoms with Crippen LogP contribution in [0, 0.1) is 22.7 Å². The minimum Gasteiger partial charge on any atom is -0.386 e. The van der Waals surface area contributed by atoms with Gasteiger partial charge in [-0.05, 0) is 43.0 Å². The van der Waals surface area contributed by atoms with E-state index in [-0.39, 0.29) is 0 Å². The number of hydrogen-bond acceptors (Lipinski definition) is 3. The van der Waals surface area contributed by atoms with Crippen LogP contribution < -0.4 is 0 Å². The fourth-order valence-electron chi connectivity index (χ4n) is 3.06. The van der Waals surface area contributed by atoms with Gasteiger partial charge in [-0.25, -0.2) is 0 Å². The molecule has 0 aromatic carbocycles. The molecule has 1 saturated carbocycles. The van der Waals surface area contributed by atoms with Gasteiger partial charge < -0.3 is 5.11 Å². The molecule has 2 nitrogen and oxygen atoms in total. The van der Waals surface area contributed by atoms with Gasteiger partial charge >= 0.3 is 0 Å². The number of hydrogen-bond donors (Lipinski definition) is 1. The molecule has 0 spiro atoms. The van der Waals surface area contributed by atoms with E-state index in [0.717, 1.165) is 36.5 Å². The highest BCUT2D eigenvalue weighted by atomic mass is 32.1. The summed E-state index contributed by atoms with van der Waals surface area (Å²) in [6, 6.07) is 6.30. The van der Waals surface area contributed by atoms with Gasteiger partial charge in [0, 0.05) is 4.88 Å². The third-order valence-corrected chi connectivity index (χ3v) is 5.18. The van der Waals surface area contributed by atoms with Gasteiger partial charge in [0.05, 0.1) is 11.5 Å². The smallest absolute Gasteiger partial charge is 0.107 e. The third kappa shape index (κ3) is 2.60. The van der Waals surface area contributed by atoms with Crippen molar-refractivity contribution in [1.29, 1.82) is 5.26 Å². The van der Waals surface area contributed by atoms with Crippen LogP contribution in [0.2, 0.25) is 0 Å². The molecule has 18 heavy (non-hydrogen) atoms. The summed E-state index contributed by atoms with van der Waals surface area (Å²) in [6.07, 6.45) is 5.73. The Morgan fingerprint density at radius 3 is 2.78 bits per heavy atom. The normalized spacial score (nSPS) is 29.7. The Hall–Kier alpha value is -0.850. The van der Waals surface area contributed by atoms with Gasteiger partial charge in [-0.2, -0.15) is 5.26 Å². The van der Waals surface area contributed by atoms with Crippen LogP contribution in [-0.2, 0) is 0 Å². The number of thiophene rings is 1. The van der Waals surface area contributed by atoms with Gasteiger partial charge in [-0.3, -0.25) is 0 Å². The molecule has 98 valence electrons. The van der Waals surface area contributed by atoms with Gasteiger partial charge in [-0.1, -0.05) is 25.8 Å². The van der Waals surface area contributed by atoms with E-state index in [1.54, 1.807) is 11.3 Å². The molecule has 0 bridgehead atoms. The second kappa shape index (κ2) is 5.86. The van der Waals surface area contributed by atoms with Crippen LogP contribution in [-0.4, -0.2) is 5.11 Å². The van der Waals surface area contributed by atoms with Crippen molar-refractivity contribution in [3.8, 4) is 6.07 Å². The van der Waals surface area contributed by atoms with Crippen LogP contribution in [0.25, 0.3) is 0 Å². The molecule has 1 aromatic heterocycles. The van der Waals surface area contributed by atoms with Crippen molar-refractivity contribution < 1.29 is 5.11 Å². The van der Waals surface area contributed by atoms with Gasteiger partial charge in [0.15, 0.2) is 0 Å². The predicted octanol–water partition coefficient (Wildman–Crippen LogP) is 4.28. The third-order valence-electron chi connectivity index (χ3n) is 4.25. The average molecular weight is 263 g/mol. The molecule has 1 aliphatic rings. The molecule has 1 fully saturated rings. The molecule has 0 amide bonds. The summed E-state index contributed by atoms with van der Waals surface area (Å²) in [6.45, 7) is 2.21. The summed E-state index contributed by atoms with van der Waals surface area (Å²) >= 11 is 1.55. The molecule has 0 aliphatic heterocycles. The van der Waals surface area contributed by atoms with Gasteiger partial charge in [0.25, 0.3) is 0 Å². The Balaban J connectivity index is 2.07. The van der Waals surface area contributed by atoms with E-state index in [1.807, 2.05) is 17.5 Å². The number of nitriles is 1. The van der Waals surface area contributed by atoms with E-state index in [2.05, 4.69) is 13.0 Å². The van der Waals surface area contributed by atoms with Crippen molar-refractivity contribution in [2.24, 2.45) is 11.3 Å². The van der Waals surface area contributed by atoms with E-state index in [1.165, 1.54) is 12.8 Å². The zero-order valence-corrected chi connectivity index (χ0v) is 11.7. The first-order valence-electron chi connectivity index (χ1n) is 6.84. The molecule has 1 atom stereocenters. The highest BCUT2D eigenvalue weighted by Crippen LogP contribution is 2.48. The molecule has 1 aliphatic carbocycles. The molecule has 2 rings (SSSR count). The zero-order valence-electron chi connectivity index (χ0n) is 10.9. The van der Waals surface area contributed by atoms with Crippen molar-refractivity contribution in [3.63, 3.8) is 0 Å². The van der Waals surface area contributed by atoms with Crippen LogP contribution in [0.1, 0.15) is 56.4 Å². The van der Waals surface area contributed by atoms with E-state index in [4.69, 9.17) is 0 Å². The molecule has 1 unspecified atom stereocenters. The fraction of sp³-hybridized carbons (Fsp3) is 0.667. The van der Waals surface area contributed by atoms with Gasteiger partial charge in [0.1, 0.15) is 6.10 Å². The van der Waals surface area contributed by atoms with Crippen molar-refractivity contribution in [3.05, 3.63) is 22.4 Å². The van der Waals surface area contributed by atoms with Crippen LogP contribution in [0.5, 0.6) is 0 Å². The van der Waals surface area contributed by atoms with Gasteiger partial charge in [-0.15, -0.1) is 11.3 Å². The first-order chi connectivity index (χ1) is 8.72. The number of rotatable bonds is 4. The van der Waals surface area contributed by atoms with Crippen LogP contribution in [0.3, 0.4) is 0 Å². The van der Waals surface area contributed by atoms with Crippen LogP contribution in [0.4, 0.5) is 0 Å². The molecule has 3 heteroatoms. The van der Waals surface area contributed by atoms with Crippen molar-refractivity contribution in [2.75, 3.05) is 0 Å². The second-order valence-electron chi connectivity index (χ2n) is 5.42. The van der Waals surface area contributed by atoms with Crippen molar-refractivity contribution >= 4 is 11.3 Å². The van der Waals surface area contributed by atoms with E-state index in [9.17, 15) is 10.4 Å². The molecule has 1 N–H and O–H groups in total. The Morgan fingerprint density at radius 1 is 1.56 bits per heavy atom. The summed E-state index contributed by atoms with van der Waals surface area (Å²) < 4.78 is 0. The Labute approximate surface area is 113 Å². The topological polar surface area (TPSA) is 44.0 Å². The molecule has 1 aromatic rings. The Bertz CT molecular complexity index is 399. The van der Waals surface area contributed by atoms with Crippen LogP contribution >= 0.6 is 11.3 Å². The summed E-state index contributed by atoms with van der Waals surface area (Å²) in [5, 5.41) is 22.0.